The van der Waals surface area contributed by atoms with Gasteiger partial charge in [0.25, 0.3) is 5.56 Å². The number of thioether (sulfide) groups is 1. The molecular formula is C23H26N4O3S2. The van der Waals surface area contributed by atoms with Gasteiger partial charge in [0.05, 0.1) is 10.6 Å². The average Bonchev–Trinajstić information content (AvgIpc) is 3.17. The molecular weight excluding hydrogens is 444 g/mol. The van der Waals surface area contributed by atoms with Crippen molar-refractivity contribution in [2.45, 2.75) is 56.0 Å². The summed E-state index contributed by atoms with van der Waals surface area (Å²) in [6.45, 7) is 2.18. The van der Waals surface area contributed by atoms with Crippen LogP contribution in [0, 0.1) is 0 Å². The summed E-state index contributed by atoms with van der Waals surface area (Å²) in [7, 11) is 1.45. The number of urea groups is 1. The second-order valence-corrected chi connectivity index (χ2v) is 10.2. The third kappa shape index (κ3) is 4.73. The minimum absolute atomic E-state index is 0.0354. The summed E-state index contributed by atoms with van der Waals surface area (Å²) < 4.78 is 1.70. The molecule has 3 aromatic rings. The normalized spacial score (nSPS) is 14.1. The van der Waals surface area contributed by atoms with E-state index in [0.29, 0.717) is 18.1 Å². The molecule has 0 bridgehead atoms. The second kappa shape index (κ2) is 9.87. The van der Waals surface area contributed by atoms with Gasteiger partial charge in [-0.3, -0.25) is 19.5 Å². The maximum Gasteiger partial charge on any atom is 0.321 e. The quantitative estimate of drug-likeness (QED) is 0.425. The van der Waals surface area contributed by atoms with E-state index in [1.807, 2.05) is 30.3 Å². The third-order valence-corrected chi connectivity index (χ3v) is 7.90. The number of thiophene rings is 1. The topological polar surface area (TPSA) is 93.1 Å². The largest absolute Gasteiger partial charge is 0.341 e. The zero-order valence-corrected chi connectivity index (χ0v) is 19.8. The van der Waals surface area contributed by atoms with Crippen molar-refractivity contribution in [3.63, 3.8) is 0 Å². The Morgan fingerprint density at radius 1 is 1.22 bits per heavy atom. The summed E-state index contributed by atoms with van der Waals surface area (Å²) in [5.74, 6) is -0.427. The standard InChI is InChI=1S/C23H26N4O3S2/c1-14(19(28)25-22(30)24-2)31-23-26-20-18(16-10-6-7-11-17(16)32-20)21(29)27(23)13-12-15-8-4-3-5-9-15/h3-5,8-9,14H,6-7,10-13H2,1-2H3,(H2,24,25,28,30). The minimum Gasteiger partial charge on any atom is -0.341 e. The van der Waals surface area contributed by atoms with Crippen molar-refractivity contribution < 1.29 is 9.59 Å². The van der Waals surface area contributed by atoms with Crippen LogP contribution in [0.2, 0.25) is 0 Å². The van der Waals surface area contributed by atoms with E-state index in [1.54, 1.807) is 22.8 Å². The molecule has 9 heteroatoms. The third-order valence-electron chi connectivity index (χ3n) is 5.62. The number of aromatic nitrogens is 2. The Kier molecular flexibility index (Phi) is 6.95. The van der Waals surface area contributed by atoms with Crippen LogP contribution in [0.1, 0.15) is 35.8 Å². The Bertz CT molecular complexity index is 1200. The lowest BCUT2D eigenvalue weighted by molar-refractivity contribution is -0.119. The number of nitrogens with zero attached hydrogens (tertiary/aromatic N) is 2. The SMILES string of the molecule is CNC(=O)NC(=O)C(C)Sc1nc2sc3c(c2c(=O)n1CCc1ccccc1)CCCC3. The first-order valence-corrected chi connectivity index (χ1v) is 12.5. The number of fused-ring (bicyclic) bond motifs is 3. The van der Waals surface area contributed by atoms with E-state index in [-0.39, 0.29) is 5.56 Å². The number of nitrogens with one attached hydrogen (secondary N) is 2. The van der Waals surface area contributed by atoms with Crippen LogP contribution in [0.5, 0.6) is 0 Å². The number of carbonyl (C=O) groups is 2. The Labute approximate surface area is 194 Å². The monoisotopic (exact) mass is 470 g/mol. The van der Waals surface area contributed by atoms with E-state index in [2.05, 4.69) is 10.6 Å². The molecule has 4 rings (SSSR count). The van der Waals surface area contributed by atoms with Gasteiger partial charge in [0.1, 0.15) is 4.83 Å². The lowest BCUT2D eigenvalue weighted by Crippen LogP contribution is -2.41. The van der Waals surface area contributed by atoms with Gasteiger partial charge >= 0.3 is 6.03 Å². The molecule has 3 amide bonds. The minimum atomic E-state index is -0.589. The molecule has 0 spiro atoms. The Hall–Kier alpha value is -2.65. The Morgan fingerprint density at radius 2 is 1.97 bits per heavy atom. The molecule has 0 saturated heterocycles. The molecule has 1 aliphatic carbocycles. The Balaban J connectivity index is 1.71. The van der Waals surface area contributed by atoms with Crippen LogP contribution in [0.25, 0.3) is 10.2 Å². The van der Waals surface area contributed by atoms with E-state index in [0.717, 1.165) is 47.0 Å². The van der Waals surface area contributed by atoms with E-state index >= 15 is 0 Å². The first-order valence-electron chi connectivity index (χ1n) is 10.8. The maximum absolute atomic E-state index is 13.6. The van der Waals surface area contributed by atoms with Crippen molar-refractivity contribution in [3.8, 4) is 0 Å². The van der Waals surface area contributed by atoms with Crippen molar-refractivity contribution in [2.24, 2.45) is 0 Å². The van der Waals surface area contributed by atoms with Crippen LogP contribution >= 0.6 is 23.1 Å². The van der Waals surface area contributed by atoms with E-state index in [4.69, 9.17) is 4.98 Å². The van der Waals surface area contributed by atoms with E-state index < -0.39 is 17.2 Å². The molecule has 32 heavy (non-hydrogen) atoms. The predicted molar refractivity (Wildman–Crippen MR) is 129 cm³/mol. The maximum atomic E-state index is 13.6. The highest BCUT2D eigenvalue weighted by Crippen LogP contribution is 2.35. The van der Waals surface area contributed by atoms with Gasteiger partial charge in [-0.1, -0.05) is 42.1 Å². The van der Waals surface area contributed by atoms with E-state index in [9.17, 15) is 14.4 Å². The molecule has 7 nitrogen and oxygen atoms in total. The highest BCUT2D eigenvalue weighted by molar-refractivity contribution is 8.00. The first kappa shape index (κ1) is 22.5. The van der Waals surface area contributed by atoms with Crippen molar-refractivity contribution in [1.29, 1.82) is 0 Å². The van der Waals surface area contributed by atoms with Crippen molar-refractivity contribution >= 4 is 45.3 Å². The molecule has 0 radical (unpaired) electrons. The molecule has 0 saturated carbocycles. The van der Waals surface area contributed by atoms with Gasteiger partial charge in [-0.05, 0) is 50.2 Å². The van der Waals surface area contributed by atoms with Crippen LogP contribution in [-0.2, 0) is 30.6 Å². The number of imide groups is 1. The van der Waals surface area contributed by atoms with Crippen LogP contribution < -0.4 is 16.2 Å². The van der Waals surface area contributed by atoms with Crippen LogP contribution in [-0.4, -0.2) is 33.8 Å². The van der Waals surface area contributed by atoms with Gasteiger partial charge in [-0.25, -0.2) is 9.78 Å². The summed E-state index contributed by atoms with van der Waals surface area (Å²) in [6, 6.07) is 9.45. The first-order chi connectivity index (χ1) is 15.5. The van der Waals surface area contributed by atoms with Crippen LogP contribution in [0.15, 0.2) is 40.3 Å². The molecule has 2 N–H and O–H groups in total. The predicted octanol–water partition coefficient (Wildman–Crippen LogP) is 3.52. The highest BCUT2D eigenvalue weighted by Gasteiger charge is 2.25. The summed E-state index contributed by atoms with van der Waals surface area (Å²) in [5, 5.41) is 5.33. The smallest absolute Gasteiger partial charge is 0.321 e. The van der Waals surface area contributed by atoms with Gasteiger partial charge in [0, 0.05) is 18.5 Å². The summed E-state index contributed by atoms with van der Waals surface area (Å²) in [5.41, 5.74) is 2.25. The summed E-state index contributed by atoms with van der Waals surface area (Å²) in [6.07, 6.45) is 4.83. The molecule has 0 fully saturated rings. The number of carbonyl (C=O) groups excluding carboxylic acids is 2. The number of hydrogen-bond donors (Lipinski definition) is 2. The average molecular weight is 471 g/mol. The number of benzene rings is 1. The fraction of sp³-hybridized carbons (Fsp3) is 0.391. The van der Waals surface area contributed by atoms with E-state index in [1.165, 1.54) is 23.7 Å². The fourth-order valence-corrected chi connectivity index (χ4v) is 6.12. The molecule has 2 heterocycles. The molecule has 2 aromatic heterocycles. The lowest BCUT2D eigenvalue weighted by Gasteiger charge is -2.16. The molecule has 1 atom stereocenters. The lowest BCUT2D eigenvalue weighted by atomic mass is 9.97. The molecule has 1 aliphatic rings. The van der Waals surface area contributed by atoms with Gasteiger partial charge in [-0.2, -0.15) is 0 Å². The van der Waals surface area contributed by atoms with Crippen LogP contribution in [0.3, 0.4) is 0 Å². The van der Waals surface area contributed by atoms with Crippen LogP contribution in [0.4, 0.5) is 4.79 Å². The molecule has 1 aromatic carbocycles. The highest BCUT2D eigenvalue weighted by atomic mass is 32.2. The van der Waals surface area contributed by atoms with Crippen molar-refractivity contribution in [1.82, 2.24) is 20.2 Å². The number of hydrogen-bond acceptors (Lipinski definition) is 6. The van der Waals surface area contributed by atoms with Gasteiger partial charge < -0.3 is 5.32 Å². The number of rotatable bonds is 6. The van der Waals surface area contributed by atoms with Crippen molar-refractivity contribution in [3.05, 3.63) is 56.7 Å². The molecule has 168 valence electrons. The molecule has 0 aliphatic heterocycles. The van der Waals surface area contributed by atoms with Gasteiger partial charge in [0.2, 0.25) is 5.91 Å². The summed E-state index contributed by atoms with van der Waals surface area (Å²) >= 11 is 2.81. The zero-order chi connectivity index (χ0) is 22.7. The fourth-order valence-electron chi connectivity index (χ4n) is 3.88. The molecule has 1 unspecified atom stereocenters. The zero-order valence-electron chi connectivity index (χ0n) is 18.1. The van der Waals surface area contributed by atoms with Gasteiger partial charge in [-0.15, -0.1) is 11.3 Å². The second-order valence-electron chi connectivity index (χ2n) is 7.81. The Morgan fingerprint density at radius 3 is 2.72 bits per heavy atom. The number of aryl methyl sites for hydroxylation is 3. The van der Waals surface area contributed by atoms with Gasteiger partial charge in [0.15, 0.2) is 5.16 Å². The summed E-state index contributed by atoms with van der Waals surface area (Å²) in [4.78, 5) is 44.4. The number of amides is 3. The van der Waals surface area contributed by atoms with Crippen molar-refractivity contribution in [2.75, 3.05) is 7.05 Å².